The van der Waals surface area contributed by atoms with Crippen LogP contribution in [0.15, 0.2) is 24.4 Å². The van der Waals surface area contributed by atoms with E-state index in [-0.39, 0.29) is 11.8 Å². The number of carbonyl (C=O) groups is 1. The molecule has 0 saturated carbocycles. The molecule has 0 aliphatic heterocycles. The van der Waals surface area contributed by atoms with E-state index in [9.17, 15) is 4.79 Å². The standard InChI is InChI=1S/C10H13NO3/c1-2-3-7-10(12)14-13-9-6-4-5-8-11-9/h4-6,8H,2-3,7H2,1H3. The van der Waals surface area contributed by atoms with E-state index in [1.54, 1.807) is 24.4 Å². The lowest BCUT2D eigenvalue weighted by Crippen LogP contribution is -2.07. The average molecular weight is 195 g/mol. The van der Waals surface area contributed by atoms with Crippen molar-refractivity contribution in [3.8, 4) is 5.88 Å². The molecule has 0 saturated heterocycles. The Morgan fingerprint density at radius 1 is 1.50 bits per heavy atom. The Kier molecular flexibility index (Phi) is 4.47. The third kappa shape index (κ3) is 3.89. The lowest BCUT2D eigenvalue weighted by atomic mass is 10.3. The maximum Gasteiger partial charge on any atom is 0.355 e. The summed E-state index contributed by atoms with van der Waals surface area (Å²) in [4.78, 5) is 24.1. The van der Waals surface area contributed by atoms with Gasteiger partial charge < -0.3 is 0 Å². The Balaban J connectivity index is 2.24. The normalized spacial score (nSPS) is 9.50. The number of aromatic nitrogens is 1. The topological polar surface area (TPSA) is 48.4 Å². The minimum atomic E-state index is -0.363. The molecule has 0 amide bonds. The van der Waals surface area contributed by atoms with Gasteiger partial charge in [0.05, 0.1) is 6.42 Å². The van der Waals surface area contributed by atoms with E-state index in [0.29, 0.717) is 6.42 Å². The molecule has 14 heavy (non-hydrogen) atoms. The molecule has 0 spiro atoms. The quantitative estimate of drug-likeness (QED) is 0.533. The molecule has 0 atom stereocenters. The molecule has 0 radical (unpaired) electrons. The van der Waals surface area contributed by atoms with Crippen LogP contribution in [-0.2, 0) is 9.68 Å². The molecule has 1 heterocycles. The highest BCUT2D eigenvalue weighted by atomic mass is 17.2. The van der Waals surface area contributed by atoms with E-state index in [0.717, 1.165) is 12.8 Å². The van der Waals surface area contributed by atoms with Crippen molar-refractivity contribution in [1.29, 1.82) is 0 Å². The zero-order chi connectivity index (χ0) is 10.2. The number of carbonyl (C=O) groups excluding carboxylic acids is 1. The number of unbranched alkanes of at least 4 members (excludes halogenated alkanes) is 1. The van der Waals surface area contributed by atoms with Crippen molar-refractivity contribution in [3.05, 3.63) is 24.4 Å². The fourth-order valence-corrected chi connectivity index (χ4v) is 0.848. The van der Waals surface area contributed by atoms with E-state index in [4.69, 9.17) is 4.89 Å². The zero-order valence-corrected chi connectivity index (χ0v) is 8.10. The second-order valence-corrected chi connectivity index (χ2v) is 2.81. The Morgan fingerprint density at radius 3 is 3.00 bits per heavy atom. The van der Waals surface area contributed by atoms with Gasteiger partial charge in [0, 0.05) is 12.3 Å². The highest BCUT2D eigenvalue weighted by Crippen LogP contribution is 2.05. The van der Waals surface area contributed by atoms with Crippen molar-refractivity contribution in [1.82, 2.24) is 4.98 Å². The number of nitrogens with zero attached hydrogens (tertiary/aromatic N) is 1. The first-order valence-corrected chi connectivity index (χ1v) is 4.61. The van der Waals surface area contributed by atoms with Crippen LogP contribution in [-0.4, -0.2) is 11.0 Å². The Morgan fingerprint density at radius 2 is 2.36 bits per heavy atom. The third-order valence-corrected chi connectivity index (χ3v) is 1.59. The predicted molar refractivity (Wildman–Crippen MR) is 50.5 cm³/mol. The molecular weight excluding hydrogens is 182 g/mol. The van der Waals surface area contributed by atoms with E-state index in [1.807, 2.05) is 6.92 Å². The van der Waals surface area contributed by atoms with Crippen LogP contribution in [0.2, 0.25) is 0 Å². The molecule has 0 N–H and O–H groups in total. The fourth-order valence-electron chi connectivity index (χ4n) is 0.848. The molecule has 0 aliphatic rings. The second kappa shape index (κ2) is 5.96. The maximum absolute atomic E-state index is 11.0. The number of hydrogen-bond acceptors (Lipinski definition) is 4. The molecule has 76 valence electrons. The van der Waals surface area contributed by atoms with Crippen molar-refractivity contribution in [3.63, 3.8) is 0 Å². The monoisotopic (exact) mass is 195 g/mol. The Hall–Kier alpha value is -1.58. The smallest absolute Gasteiger partial charge is 0.266 e. The molecule has 1 aromatic rings. The van der Waals surface area contributed by atoms with Gasteiger partial charge in [-0.15, -0.1) is 0 Å². The van der Waals surface area contributed by atoms with E-state index < -0.39 is 0 Å². The van der Waals surface area contributed by atoms with Gasteiger partial charge in [-0.3, -0.25) is 4.89 Å². The van der Waals surface area contributed by atoms with Crippen LogP contribution in [0, 0.1) is 0 Å². The Labute approximate surface area is 82.8 Å². The minimum Gasteiger partial charge on any atom is -0.266 e. The molecule has 0 fully saturated rings. The average Bonchev–Trinajstić information content (AvgIpc) is 2.25. The van der Waals surface area contributed by atoms with E-state index in [1.165, 1.54) is 0 Å². The van der Waals surface area contributed by atoms with Crippen molar-refractivity contribution < 1.29 is 14.6 Å². The molecule has 4 nitrogen and oxygen atoms in total. The zero-order valence-electron chi connectivity index (χ0n) is 8.10. The third-order valence-electron chi connectivity index (χ3n) is 1.59. The first-order chi connectivity index (χ1) is 6.83. The van der Waals surface area contributed by atoms with Crippen LogP contribution < -0.4 is 4.89 Å². The number of hydrogen-bond donors (Lipinski definition) is 0. The van der Waals surface area contributed by atoms with E-state index in [2.05, 4.69) is 9.87 Å². The summed E-state index contributed by atoms with van der Waals surface area (Å²) in [5, 5.41) is 0. The fraction of sp³-hybridized carbons (Fsp3) is 0.400. The summed E-state index contributed by atoms with van der Waals surface area (Å²) in [5.74, 6) is -0.0742. The SMILES string of the molecule is CCCCC(=O)OOc1ccccn1. The van der Waals surface area contributed by atoms with Gasteiger partial charge in [-0.05, 0) is 12.5 Å². The van der Waals surface area contributed by atoms with Gasteiger partial charge in [0.1, 0.15) is 0 Å². The minimum absolute atomic E-state index is 0.289. The summed E-state index contributed by atoms with van der Waals surface area (Å²) >= 11 is 0. The highest BCUT2D eigenvalue weighted by Gasteiger charge is 2.04. The van der Waals surface area contributed by atoms with Crippen LogP contribution in [0.4, 0.5) is 0 Å². The summed E-state index contributed by atoms with van der Waals surface area (Å²) in [6.07, 6.45) is 3.71. The molecule has 4 heteroatoms. The first kappa shape index (κ1) is 10.5. The number of pyridine rings is 1. The number of rotatable bonds is 5. The van der Waals surface area contributed by atoms with Crippen LogP contribution in [0.25, 0.3) is 0 Å². The van der Waals surface area contributed by atoms with Gasteiger partial charge in [-0.1, -0.05) is 19.4 Å². The molecule has 1 rings (SSSR count). The van der Waals surface area contributed by atoms with Crippen molar-refractivity contribution in [2.75, 3.05) is 0 Å². The van der Waals surface area contributed by atoms with Crippen molar-refractivity contribution >= 4 is 5.97 Å². The molecule has 0 unspecified atom stereocenters. The first-order valence-electron chi connectivity index (χ1n) is 4.61. The Bertz CT molecular complexity index is 274. The second-order valence-electron chi connectivity index (χ2n) is 2.81. The summed E-state index contributed by atoms with van der Waals surface area (Å²) in [5.41, 5.74) is 0. The maximum atomic E-state index is 11.0. The molecular formula is C10H13NO3. The molecule has 1 aromatic heterocycles. The van der Waals surface area contributed by atoms with E-state index >= 15 is 0 Å². The van der Waals surface area contributed by atoms with Gasteiger partial charge in [0.2, 0.25) is 0 Å². The van der Waals surface area contributed by atoms with Crippen LogP contribution in [0.5, 0.6) is 5.88 Å². The van der Waals surface area contributed by atoms with Gasteiger partial charge in [-0.25, -0.2) is 14.7 Å². The van der Waals surface area contributed by atoms with Gasteiger partial charge in [-0.2, -0.15) is 0 Å². The molecule has 0 aliphatic carbocycles. The van der Waals surface area contributed by atoms with Gasteiger partial charge in [0.15, 0.2) is 0 Å². The van der Waals surface area contributed by atoms with Gasteiger partial charge >= 0.3 is 5.97 Å². The summed E-state index contributed by atoms with van der Waals surface area (Å²) in [6.45, 7) is 2.01. The lowest BCUT2D eigenvalue weighted by Gasteiger charge is -2.01. The molecule has 0 aromatic carbocycles. The van der Waals surface area contributed by atoms with Crippen molar-refractivity contribution in [2.45, 2.75) is 26.2 Å². The van der Waals surface area contributed by atoms with Crippen molar-refractivity contribution in [2.24, 2.45) is 0 Å². The van der Waals surface area contributed by atoms with Crippen LogP contribution >= 0.6 is 0 Å². The summed E-state index contributed by atoms with van der Waals surface area (Å²) < 4.78 is 0. The summed E-state index contributed by atoms with van der Waals surface area (Å²) in [7, 11) is 0. The van der Waals surface area contributed by atoms with Crippen LogP contribution in [0.3, 0.4) is 0 Å². The highest BCUT2D eigenvalue weighted by molar-refractivity contribution is 5.68. The van der Waals surface area contributed by atoms with Gasteiger partial charge in [0.25, 0.3) is 5.88 Å². The van der Waals surface area contributed by atoms with Crippen LogP contribution in [0.1, 0.15) is 26.2 Å². The predicted octanol–water partition coefficient (Wildman–Crippen LogP) is 2.11. The lowest BCUT2D eigenvalue weighted by molar-refractivity contribution is -0.215. The molecule has 0 bridgehead atoms. The summed E-state index contributed by atoms with van der Waals surface area (Å²) in [6, 6.07) is 5.13. The largest absolute Gasteiger partial charge is 0.355 e.